The molecular formula is C14H17N3OS2. The number of thioether (sulfide) groups is 1. The van der Waals surface area contributed by atoms with Crippen molar-refractivity contribution in [3.05, 3.63) is 34.8 Å². The van der Waals surface area contributed by atoms with Crippen LogP contribution in [-0.2, 0) is 4.79 Å². The molecule has 4 nitrogen and oxygen atoms in total. The van der Waals surface area contributed by atoms with E-state index < -0.39 is 0 Å². The van der Waals surface area contributed by atoms with E-state index in [-0.39, 0.29) is 11.2 Å². The third-order valence-corrected chi connectivity index (χ3v) is 4.85. The zero-order valence-electron chi connectivity index (χ0n) is 11.7. The Morgan fingerprint density at radius 3 is 2.55 bits per heavy atom. The standard InChI is InChI=1S/C14H17N3OS2/c1-4-12(20-11-7-5-9(2)6-8-11)13(18)15-14-17-16-10(3)19-14/h5-8,12H,4H2,1-3H3,(H,15,17,18). The average molecular weight is 307 g/mol. The molecule has 106 valence electrons. The minimum absolute atomic E-state index is 0.0192. The van der Waals surface area contributed by atoms with Gasteiger partial charge >= 0.3 is 0 Å². The van der Waals surface area contributed by atoms with Gasteiger partial charge in [0.15, 0.2) is 0 Å². The second-order valence-electron chi connectivity index (χ2n) is 4.44. The summed E-state index contributed by atoms with van der Waals surface area (Å²) in [6.45, 7) is 5.93. The van der Waals surface area contributed by atoms with Gasteiger partial charge < -0.3 is 0 Å². The molecule has 1 N–H and O–H groups in total. The number of rotatable bonds is 5. The first-order chi connectivity index (χ1) is 9.58. The Hall–Kier alpha value is -1.40. The van der Waals surface area contributed by atoms with Crippen LogP contribution in [0.4, 0.5) is 5.13 Å². The van der Waals surface area contributed by atoms with Gasteiger partial charge in [0.25, 0.3) is 0 Å². The van der Waals surface area contributed by atoms with Gasteiger partial charge in [-0.25, -0.2) is 0 Å². The maximum absolute atomic E-state index is 12.2. The maximum Gasteiger partial charge on any atom is 0.239 e. The van der Waals surface area contributed by atoms with Gasteiger partial charge in [-0.05, 0) is 32.4 Å². The van der Waals surface area contributed by atoms with Crippen molar-refractivity contribution in [1.82, 2.24) is 10.2 Å². The lowest BCUT2D eigenvalue weighted by atomic mass is 10.2. The second kappa shape index (κ2) is 6.85. The molecule has 0 bridgehead atoms. The fourth-order valence-corrected chi connectivity index (χ4v) is 3.19. The van der Waals surface area contributed by atoms with Gasteiger partial charge in [0.2, 0.25) is 11.0 Å². The van der Waals surface area contributed by atoms with Crippen LogP contribution in [0, 0.1) is 13.8 Å². The number of hydrogen-bond donors (Lipinski definition) is 1. The molecule has 0 fully saturated rings. The number of benzene rings is 1. The van der Waals surface area contributed by atoms with Crippen LogP contribution < -0.4 is 5.32 Å². The summed E-state index contributed by atoms with van der Waals surface area (Å²) in [4.78, 5) is 13.3. The number of aromatic nitrogens is 2. The Kier molecular flexibility index (Phi) is 5.14. The number of amides is 1. The molecule has 1 atom stereocenters. The summed E-state index contributed by atoms with van der Waals surface area (Å²) in [5.74, 6) is -0.0192. The van der Waals surface area contributed by atoms with Crippen LogP contribution in [0.15, 0.2) is 29.2 Å². The summed E-state index contributed by atoms with van der Waals surface area (Å²) in [5.41, 5.74) is 1.22. The van der Waals surface area contributed by atoms with Crippen molar-refractivity contribution < 1.29 is 4.79 Å². The van der Waals surface area contributed by atoms with Crippen LogP contribution in [0.25, 0.3) is 0 Å². The van der Waals surface area contributed by atoms with E-state index >= 15 is 0 Å². The second-order valence-corrected chi connectivity index (χ2v) is 6.90. The molecule has 0 saturated heterocycles. The minimum Gasteiger partial charge on any atom is -0.300 e. The van der Waals surface area contributed by atoms with Crippen molar-refractivity contribution in [3.63, 3.8) is 0 Å². The van der Waals surface area contributed by atoms with E-state index in [0.29, 0.717) is 5.13 Å². The predicted molar refractivity (Wildman–Crippen MR) is 84.4 cm³/mol. The first-order valence-electron chi connectivity index (χ1n) is 6.42. The molecule has 1 heterocycles. The number of nitrogens with zero attached hydrogens (tertiary/aromatic N) is 2. The molecule has 20 heavy (non-hydrogen) atoms. The molecule has 0 spiro atoms. The molecule has 2 rings (SSSR count). The summed E-state index contributed by atoms with van der Waals surface area (Å²) in [7, 11) is 0. The van der Waals surface area contributed by atoms with Crippen molar-refractivity contribution in [3.8, 4) is 0 Å². The smallest absolute Gasteiger partial charge is 0.239 e. The molecule has 0 aliphatic carbocycles. The zero-order valence-corrected chi connectivity index (χ0v) is 13.3. The van der Waals surface area contributed by atoms with E-state index in [4.69, 9.17) is 0 Å². The van der Waals surface area contributed by atoms with Crippen LogP contribution in [0.1, 0.15) is 23.9 Å². The summed E-state index contributed by atoms with van der Waals surface area (Å²) in [6, 6.07) is 8.21. The molecule has 0 saturated carbocycles. The summed E-state index contributed by atoms with van der Waals surface area (Å²) >= 11 is 2.96. The summed E-state index contributed by atoms with van der Waals surface area (Å²) in [6.07, 6.45) is 0.766. The fraction of sp³-hybridized carbons (Fsp3) is 0.357. The van der Waals surface area contributed by atoms with Gasteiger partial charge in [0.1, 0.15) is 5.01 Å². The number of nitrogens with one attached hydrogen (secondary N) is 1. The molecule has 1 unspecified atom stereocenters. The highest BCUT2D eigenvalue weighted by Gasteiger charge is 2.19. The molecule has 6 heteroatoms. The largest absolute Gasteiger partial charge is 0.300 e. The molecule has 1 amide bonds. The number of anilines is 1. The van der Waals surface area contributed by atoms with Crippen molar-refractivity contribution in [1.29, 1.82) is 0 Å². The van der Waals surface area contributed by atoms with Gasteiger partial charge in [0.05, 0.1) is 5.25 Å². The van der Waals surface area contributed by atoms with Crippen molar-refractivity contribution in [2.75, 3.05) is 5.32 Å². The first-order valence-corrected chi connectivity index (χ1v) is 8.12. The van der Waals surface area contributed by atoms with Crippen LogP contribution in [-0.4, -0.2) is 21.4 Å². The lowest BCUT2D eigenvalue weighted by Crippen LogP contribution is -2.24. The van der Waals surface area contributed by atoms with E-state index in [1.165, 1.54) is 16.9 Å². The molecule has 1 aromatic carbocycles. The number of aryl methyl sites for hydroxylation is 2. The van der Waals surface area contributed by atoms with Crippen LogP contribution in [0.2, 0.25) is 0 Å². The molecule has 0 aliphatic heterocycles. The summed E-state index contributed by atoms with van der Waals surface area (Å²) < 4.78 is 0. The monoisotopic (exact) mass is 307 g/mol. The Morgan fingerprint density at radius 1 is 1.30 bits per heavy atom. The average Bonchev–Trinajstić information content (AvgIpc) is 2.83. The minimum atomic E-state index is -0.123. The van der Waals surface area contributed by atoms with Gasteiger partial charge in [-0.1, -0.05) is 36.0 Å². The van der Waals surface area contributed by atoms with Gasteiger partial charge in [-0.3, -0.25) is 10.1 Å². The highest BCUT2D eigenvalue weighted by molar-refractivity contribution is 8.00. The molecular weight excluding hydrogens is 290 g/mol. The third kappa shape index (κ3) is 4.05. The molecule has 1 aromatic heterocycles. The highest BCUT2D eigenvalue weighted by Crippen LogP contribution is 2.27. The molecule has 0 radical (unpaired) electrons. The Bertz CT molecular complexity index is 580. The Labute approximate surface area is 127 Å². The van der Waals surface area contributed by atoms with Gasteiger partial charge in [-0.2, -0.15) is 0 Å². The van der Waals surface area contributed by atoms with Crippen molar-refractivity contribution in [2.24, 2.45) is 0 Å². The Balaban J connectivity index is 2.00. The van der Waals surface area contributed by atoms with Gasteiger partial charge in [-0.15, -0.1) is 22.0 Å². The van der Waals surface area contributed by atoms with Crippen LogP contribution >= 0.6 is 23.1 Å². The van der Waals surface area contributed by atoms with E-state index in [1.807, 2.05) is 26.0 Å². The molecule has 2 aromatic rings. The highest BCUT2D eigenvalue weighted by atomic mass is 32.2. The predicted octanol–water partition coefficient (Wildman–Crippen LogP) is 3.66. The quantitative estimate of drug-likeness (QED) is 0.856. The Morgan fingerprint density at radius 2 is 2.00 bits per heavy atom. The lowest BCUT2D eigenvalue weighted by molar-refractivity contribution is -0.115. The van der Waals surface area contributed by atoms with E-state index in [1.54, 1.807) is 11.8 Å². The SMILES string of the molecule is CCC(Sc1ccc(C)cc1)C(=O)Nc1nnc(C)s1. The normalized spacial score (nSPS) is 12.2. The van der Waals surface area contributed by atoms with Crippen LogP contribution in [0.5, 0.6) is 0 Å². The van der Waals surface area contributed by atoms with Crippen molar-refractivity contribution >= 4 is 34.1 Å². The van der Waals surface area contributed by atoms with Crippen LogP contribution in [0.3, 0.4) is 0 Å². The fourth-order valence-electron chi connectivity index (χ4n) is 1.64. The van der Waals surface area contributed by atoms with E-state index in [9.17, 15) is 4.79 Å². The lowest BCUT2D eigenvalue weighted by Gasteiger charge is -2.13. The maximum atomic E-state index is 12.2. The number of carbonyl (C=O) groups is 1. The summed E-state index contributed by atoms with van der Waals surface area (Å²) in [5, 5.41) is 11.9. The van der Waals surface area contributed by atoms with E-state index in [2.05, 4.69) is 34.6 Å². The molecule has 0 aliphatic rings. The van der Waals surface area contributed by atoms with Crippen molar-refractivity contribution in [2.45, 2.75) is 37.3 Å². The number of carbonyl (C=O) groups excluding carboxylic acids is 1. The first kappa shape index (κ1) is 15.0. The third-order valence-electron chi connectivity index (χ3n) is 2.72. The topological polar surface area (TPSA) is 54.9 Å². The van der Waals surface area contributed by atoms with Gasteiger partial charge in [0, 0.05) is 4.90 Å². The number of hydrogen-bond acceptors (Lipinski definition) is 5. The zero-order chi connectivity index (χ0) is 14.5. The van der Waals surface area contributed by atoms with E-state index in [0.717, 1.165) is 16.3 Å².